The molecule has 35 heavy (non-hydrogen) atoms. The number of nitrogens with one attached hydrogen (secondary N) is 2. The van der Waals surface area contributed by atoms with E-state index >= 15 is 0 Å². The van der Waals surface area contributed by atoms with Gasteiger partial charge in [0, 0.05) is 42.0 Å². The molecule has 0 radical (unpaired) electrons. The number of benzene rings is 2. The molecule has 3 aromatic rings. The molecule has 0 unspecified atom stereocenters. The zero-order chi connectivity index (χ0) is 24.8. The number of aromatic nitrogens is 2. The lowest BCUT2D eigenvalue weighted by Gasteiger charge is -2.31. The van der Waals surface area contributed by atoms with Gasteiger partial charge in [-0.15, -0.1) is 10.2 Å². The number of anilines is 1. The van der Waals surface area contributed by atoms with Crippen LogP contribution in [0.5, 0.6) is 0 Å². The lowest BCUT2D eigenvalue weighted by molar-refractivity contribution is -0.121. The van der Waals surface area contributed by atoms with Crippen molar-refractivity contribution in [3.8, 4) is 0 Å². The van der Waals surface area contributed by atoms with Crippen molar-refractivity contribution < 1.29 is 14.4 Å². The molecule has 8 nitrogen and oxygen atoms in total. The van der Waals surface area contributed by atoms with Crippen LogP contribution in [-0.2, 0) is 11.2 Å². The van der Waals surface area contributed by atoms with Gasteiger partial charge in [-0.05, 0) is 43.2 Å². The van der Waals surface area contributed by atoms with Crippen molar-refractivity contribution in [3.05, 3.63) is 74.2 Å². The van der Waals surface area contributed by atoms with Crippen molar-refractivity contribution in [2.24, 2.45) is 5.92 Å². The molecule has 3 amide bonds. The minimum atomic E-state index is -0.206. The lowest BCUT2D eigenvalue weighted by Crippen LogP contribution is -2.41. The van der Waals surface area contributed by atoms with Gasteiger partial charge in [-0.25, -0.2) is 0 Å². The monoisotopic (exact) mass is 575 g/mol. The number of likely N-dealkylation sites (tertiary alicyclic amines) is 1. The molecule has 1 fully saturated rings. The van der Waals surface area contributed by atoms with E-state index in [4.69, 9.17) is 11.6 Å². The number of carbonyl (C=O) groups excluding carboxylic acids is 3. The summed E-state index contributed by atoms with van der Waals surface area (Å²) in [4.78, 5) is 39.4. The largest absolute Gasteiger partial charge is 0.352 e. The standard InChI is InChI=1S/C24H23BrClN5O3S/c25-17-5-3-4-16(14-17)21(32)27-11-8-20-29-30-24(35-20)28-22(33)15-9-12-31(13-10-15)23(34)18-6-1-2-7-19(18)26/h1-7,14-15H,8-13H2,(H,27,32)(H,28,30,33). The van der Waals surface area contributed by atoms with E-state index in [-0.39, 0.29) is 23.6 Å². The molecule has 0 spiro atoms. The number of hydrogen-bond donors (Lipinski definition) is 2. The molecule has 2 heterocycles. The van der Waals surface area contributed by atoms with Gasteiger partial charge < -0.3 is 15.5 Å². The van der Waals surface area contributed by atoms with E-state index in [1.165, 1.54) is 11.3 Å². The van der Waals surface area contributed by atoms with Crippen molar-refractivity contribution in [3.63, 3.8) is 0 Å². The number of amides is 3. The first-order chi connectivity index (χ1) is 16.9. The van der Waals surface area contributed by atoms with Crippen molar-refractivity contribution in [1.82, 2.24) is 20.4 Å². The first-order valence-electron chi connectivity index (χ1n) is 11.1. The molecule has 0 atom stereocenters. The van der Waals surface area contributed by atoms with Crippen LogP contribution in [0.15, 0.2) is 53.0 Å². The molecule has 2 aromatic carbocycles. The average molecular weight is 577 g/mol. The second-order valence-electron chi connectivity index (χ2n) is 8.05. The highest BCUT2D eigenvalue weighted by molar-refractivity contribution is 9.10. The van der Waals surface area contributed by atoms with E-state index in [0.717, 1.165) is 9.48 Å². The summed E-state index contributed by atoms with van der Waals surface area (Å²) in [5, 5.41) is 15.4. The van der Waals surface area contributed by atoms with E-state index < -0.39 is 0 Å². The van der Waals surface area contributed by atoms with E-state index in [9.17, 15) is 14.4 Å². The maximum atomic E-state index is 12.7. The minimum Gasteiger partial charge on any atom is -0.352 e. The maximum Gasteiger partial charge on any atom is 0.255 e. The SMILES string of the molecule is O=C(NCCc1nnc(NC(=O)C2CCN(C(=O)c3ccccc3Cl)CC2)s1)c1cccc(Br)c1. The minimum absolute atomic E-state index is 0.116. The molecule has 1 aliphatic heterocycles. The molecule has 1 aromatic heterocycles. The van der Waals surface area contributed by atoms with Gasteiger partial charge >= 0.3 is 0 Å². The Labute approximate surface area is 220 Å². The number of rotatable bonds is 7. The van der Waals surface area contributed by atoms with Crippen LogP contribution in [0.25, 0.3) is 0 Å². The summed E-state index contributed by atoms with van der Waals surface area (Å²) < 4.78 is 0.840. The molecule has 1 saturated heterocycles. The molecular formula is C24H23BrClN5O3S. The summed E-state index contributed by atoms with van der Waals surface area (Å²) in [6.07, 6.45) is 1.64. The summed E-state index contributed by atoms with van der Waals surface area (Å²) in [5.74, 6) is -0.610. The topological polar surface area (TPSA) is 104 Å². The van der Waals surface area contributed by atoms with Crippen LogP contribution in [0.2, 0.25) is 5.02 Å². The normalized spacial score (nSPS) is 13.9. The summed E-state index contributed by atoms with van der Waals surface area (Å²) in [6, 6.07) is 14.1. The zero-order valence-electron chi connectivity index (χ0n) is 18.7. The van der Waals surface area contributed by atoms with Crippen molar-refractivity contribution >= 4 is 61.7 Å². The van der Waals surface area contributed by atoms with Gasteiger partial charge in [0.15, 0.2) is 0 Å². The highest BCUT2D eigenvalue weighted by Gasteiger charge is 2.29. The summed E-state index contributed by atoms with van der Waals surface area (Å²) >= 11 is 10.8. The molecule has 4 rings (SSSR count). The van der Waals surface area contributed by atoms with E-state index in [1.807, 2.05) is 6.07 Å². The smallest absolute Gasteiger partial charge is 0.255 e. The molecule has 0 saturated carbocycles. The first-order valence-corrected chi connectivity index (χ1v) is 13.1. The molecule has 182 valence electrons. The third-order valence-corrected chi connectivity index (χ3v) is 7.39. The van der Waals surface area contributed by atoms with Crippen LogP contribution >= 0.6 is 38.9 Å². The van der Waals surface area contributed by atoms with Crippen LogP contribution < -0.4 is 10.6 Å². The second kappa shape index (κ2) is 11.7. The number of hydrogen-bond acceptors (Lipinski definition) is 6. The van der Waals surface area contributed by atoms with Gasteiger partial charge in [-0.3, -0.25) is 14.4 Å². The Hall–Kier alpha value is -2.82. The van der Waals surface area contributed by atoms with Crippen LogP contribution in [0, 0.1) is 5.92 Å². The van der Waals surface area contributed by atoms with E-state index in [0.29, 0.717) is 60.2 Å². The summed E-state index contributed by atoms with van der Waals surface area (Å²) in [5.41, 5.74) is 1.05. The van der Waals surface area contributed by atoms with Crippen LogP contribution in [-0.4, -0.2) is 52.5 Å². The summed E-state index contributed by atoms with van der Waals surface area (Å²) in [7, 11) is 0. The predicted molar refractivity (Wildman–Crippen MR) is 139 cm³/mol. The Morgan fingerprint density at radius 3 is 2.60 bits per heavy atom. The van der Waals surface area contributed by atoms with Gasteiger partial charge in [-0.2, -0.15) is 0 Å². The molecule has 0 bridgehead atoms. The quantitative estimate of drug-likeness (QED) is 0.433. The predicted octanol–water partition coefficient (Wildman–Crippen LogP) is 4.42. The number of carbonyl (C=O) groups is 3. The third kappa shape index (κ3) is 6.65. The van der Waals surface area contributed by atoms with Gasteiger partial charge in [-0.1, -0.05) is 57.1 Å². The van der Waals surface area contributed by atoms with Crippen LogP contribution in [0.1, 0.15) is 38.6 Å². The Bertz CT molecular complexity index is 1230. The average Bonchev–Trinajstić information content (AvgIpc) is 3.31. The van der Waals surface area contributed by atoms with Gasteiger partial charge in [0.1, 0.15) is 5.01 Å². The van der Waals surface area contributed by atoms with Gasteiger partial charge in [0.2, 0.25) is 11.0 Å². The Morgan fingerprint density at radius 1 is 1.09 bits per heavy atom. The Balaban J connectivity index is 1.22. The van der Waals surface area contributed by atoms with E-state index in [2.05, 4.69) is 36.8 Å². The number of halogens is 2. The highest BCUT2D eigenvalue weighted by Crippen LogP contribution is 2.24. The van der Waals surface area contributed by atoms with Gasteiger partial charge in [0.25, 0.3) is 11.8 Å². The third-order valence-electron chi connectivity index (χ3n) is 5.67. The van der Waals surface area contributed by atoms with Crippen molar-refractivity contribution in [1.29, 1.82) is 0 Å². The fraction of sp³-hybridized carbons (Fsp3) is 0.292. The molecular weight excluding hydrogens is 554 g/mol. The van der Waals surface area contributed by atoms with Gasteiger partial charge in [0.05, 0.1) is 10.6 Å². The molecule has 2 N–H and O–H groups in total. The highest BCUT2D eigenvalue weighted by atomic mass is 79.9. The number of nitrogens with zero attached hydrogens (tertiary/aromatic N) is 3. The van der Waals surface area contributed by atoms with Crippen molar-refractivity contribution in [2.45, 2.75) is 19.3 Å². The second-order valence-corrected chi connectivity index (χ2v) is 10.4. The maximum absolute atomic E-state index is 12.7. The Kier molecular flexibility index (Phi) is 8.48. The lowest BCUT2D eigenvalue weighted by atomic mass is 9.95. The first kappa shape index (κ1) is 25.3. The van der Waals surface area contributed by atoms with Crippen molar-refractivity contribution in [2.75, 3.05) is 25.0 Å². The zero-order valence-corrected chi connectivity index (χ0v) is 21.8. The van der Waals surface area contributed by atoms with E-state index in [1.54, 1.807) is 47.4 Å². The van der Waals surface area contributed by atoms with Crippen LogP contribution in [0.3, 0.4) is 0 Å². The Morgan fingerprint density at radius 2 is 1.86 bits per heavy atom. The molecule has 0 aliphatic carbocycles. The molecule has 1 aliphatic rings. The van der Waals surface area contributed by atoms with Crippen LogP contribution in [0.4, 0.5) is 5.13 Å². The number of piperidine rings is 1. The molecule has 11 heteroatoms. The fourth-order valence-corrected chi connectivity index (χ4v) is 5.14. The fourth-order valence-electron chi connectivity index (χ4n) is 3.78. The summed E-state index contributed by atoms with van der Waals surface area (Å²) in [6.45, 7) is 1.38.